The lowest BCUT2D eigenvalue weighted by Gasteiger charge is -2.13. The highest BCUT2D eigenvalue weighted by Gasteiger charge is 2.12. The SMILES string of the molecule is CCCCSc1nnnn1CC(OC)OC. The van der Waals surface area contributed by atoms with Gasteiger partial charge >= 0.3 is 0 Å². The normalized spacial score (nSPS) is 11.2. The monoisotopic (exact) mass is 246 g/mol. The average Bonchev–Trinajstić information content (AvgIpc) is 2.74. The quantitative estimate of drug-likeness (QED) is 0.390. The highest BCUT2D eigenvalue weighted by Crippen LogP contribution is 2.15. The number of aromatic nitrogens is 4. The summed E-state index contributed by atoms with van der Waals surface area (Å²) in [6.45, 7) is 2.67. The molecule has 92 valence electrons. The lowest BCUT2D eigenvalue weighted by atomic mass is 10.4. The molecule has 16 heavy (non-hydrogen) atoms. The molecule has 0 saturated carbocycles. The van der Waals surface area contributed by atoms with E-state index < -0.39 is 0 Å². The van der Waals surface area contributed by atoms with Crippen molar-refractivity contribution in [3.8, 4) is 0 Å². The standard InChI is InChI=1S/C9H18N4O2S/c1-4-5-6-16-9-10-11-12-13(9)7-8(14-2)15-3/h8H,4-7H2,1-3H3. The first-order chi connectivity index (χ1) is 7.81. The maximum absolute atomic E-state index is 5.11. The predicted molar refractivity (Wildman–Crippen MR) is 61.3 cm³/mol. The first kappa shape index (κ1) is 13.4. The molecule has 1 aromatic heterocycles. The van der Waals surface area contributed by atoms with Gasteiger partial charge in [0.2, 0.25) is 5.16 Å². The molecule has 0 unspecified atom stereocenters. The van der Waals surface area contributed by atoms with Gasteiger partial charge in [0.15, 0.2) is 6.29 Å². The molecular weight excluding hydrogens is 228 g/mol. The van der Waals surface area contributed by atoms with Gasteiger partial charge in [-0.05, 0) is 16.8 Å². The number of tetrazole rings is 1. The van der Waals surface area contributed by atoms with Gasteiger partial charge in [-0.25, -0.2) is 4.68 Å². The molecule has 7 heteroatoms. The van der Waals surface area contributed by atoms with E-state index in [4.69, 9.17) is 9.47 Å². The first-order valence-electron chi connectivity index (χ1n) is 5.26. The summed E-state index contributed by atoms with van der Waals surface area (Å²) in [5.41, 5.74) is 0. The average molecular weight is 246 g/mol. The molecule has 1 heterocycles. The summed E-state index contributed by atoms with van der Waals surface area (Å²) in [6, 6.07) is 0. The molecule has 0 radical (unpaired) electrons. The maximum atomic E-state index is 5.11. The van der Waals surface area contributed by atoms with E-state index in [0.717, 1.165) is 17.3 Å². The van der Waals surface area contributed by atoms with Crippen molar-refractivity contribution in [2.75, 3.05) is 20.0 Å². The zero-order chi connectivity index (χ0) is 11.8. The molecule has 0 aliphatic heterocycles. The van der Waals surface area contributed by atoms with Crippen LogP contribution in [0, 0.1) is 0 Å². The number of thioether (sulfide) groups is 1. The number of rotatable bonds is 8. The molecule has 0 aromatic carbocycles. The second-order valence-corrected chi connectivity index (χ2v) is 4.31. The molecule has 0 amide bonds. The van der Waals surface area contributed by atoms with E-state index in [1.54, 1.807) is 30.7 Å². The third kappa shape index (κ3) is 4.07. The van der Waals surface area contributed by atoms with Gasteiger partial charge in [-0.1, -0.05) is 25.1 Å². The van der Waals surface area contributed by atoms with Crippen LogP contribution in [0.4, 0.5) is 0 Å². The molecule has 0 bridgehead atoms. The first-order valence-corrected chi connectivity index (χ1v) is 6.25. The third-order valence-corrected chi connectivity index (χ3v) is 3.12. The Labute approximate surface area is 99.7 Å². The van der Waals surface area contributed by atoms with Crippen LogP contribution in [-0.2, 0) is 16.0 Å². The minimum atomic E-state index is -0.311. The van der Waals surface area contributed by atoms with Gasteiger partial charge in [-0.15, -0.1) is 5.10 Å². The largest absolute Gasteiger partial charge is 0.354 e. The highest BCUT2D eigenvalue weighted by atomic mass is 32.2. The Morgan fingerprint density at radius 3 is 2.75 bits per heavy atom. The molecule has 0 aliphatic carbocycles. The molecule has 0 spiro atoms. The van der Waals surface area contributed by atoms with E-state index in [1.165, 1.54) is 6.42 Å². The highest BCUT2D eigenvalue weighted by molar-refractivity contribution is 7.99. The maximum Gasteiger partial charge on any atom is 0.209 e. The summed E-state index contributed by atoms with van der Waals surface area (Å²) in [5, 5.41) is 12.3. The van der Waals surface area contributed by atoms with Crippen molar-refractivity contribution >= 4 is 11.8 Å². The second kappa shape index (κ2) is 7.59. The Balaban J connectivity index is 2.49. The zero-order valence-electron chi connectivity index (χ0n) is 9.92. The van der Waals surface area contributed by atoms with Crippen molar-refractivity contribution in [3.05, 3.63) is 0 Å². The predicted octanol–water partition coefficient (Wildman–Crippen LogP) is 1.18. The van der Waals surface area contributed by atoms with Gasteiger partial charge in [0.05, 0.1) is 6.54 Å². The minimum Gasteiger partial charge on any atom is -0.354 e. The molecule has 0 aliphatic rings. The molecule has 1 aromatic rings. The van der Waals surface area contributed by atoms with Crippen LogP contribution in [-0.4, -0.2) is 46.5 Å². The van der Waals surface area contributed by atoms with Crippen molar-refractivity contribution in [3.63, 3.8) is 0 Å². The summed E-state index contributed by atoms with van der Waals surface area (Å²) in [4.78, 5) is 0. The molecular formula is C9H18N4O2S. The Morgan fingerprint density at radius 1 is 1.38 bits per heavy atom. The Kier molecular flexibility index (Phi) is 6.36. The van der Waals surface area contributed by atoms with Crippen LogP contribution < -0.4 is 0 Å². The molecule has 0 atom stereocenters. The minimum absolute atomic E-state index is 0.311. The number of hydrogen-bond donors (Lipinski definition) is 0. The molecule has 0 saturated heterocycles. The lowest BCUT2D eigenvalue weighted by Crippen LogP contribution is -2.21. The van der Waals surface area contributed by atoms with Crippen molar-refractivity contribution in [1.82, 2.24) is 20.2 Å². The van der Waals surface area contributed by atoms with Crippen LogP contribution in [0.15, 0.2) is 5.16 Å². The van der Waals surface area contributed by atoms with Gasteiger partial charge in [0.25, 0.3) is 0 Å². The number of methoxy groups -OCH3 is 2. The summed E-state index contributed by atoms with van der Waals surface area (Å²) < 4.78 is 11.9. The Hall–Kier alpha value is -0.660. The summed E-state index contributed by atoms with van der Waals surface area (Å²) >= 11 is 1.66. The smallest absolute Gasteiger partial charge is 0.209 e. The van der Waals surface area contributed by atoms with Crippen LogP contribution in [0.3, 0.4) is 0 Å². The van der Waals surface area contributed by atoms with Crippen LogP contribution in [0.25, 0.3) is 0 Å². The van der Waals surface area contributed by atoms with Crippen LogP contribution in [0.2, 0.25) is 0 Å². The lowest BCUT2D eigenvalue weighted by molar-refractivity contribution is -0.113. The van der Waals surface area contributed by atoms with Crippen molar-refractivity contribution in [2.24, 2.45) is 0 Å². The van der Waals surface area contributed by atoms with Crippen LogP contribution in [0.1, 0.15) is 19.8 Å². The fourth-order valence-corrected chi connectivity index (χ4v) is 2.08. The third-order valence-electron chi connectivity index (χ3n) is 2.08. The van der Waals surface area contributed by atoms with E-state index >= 15 is 0 Å². The topological polar surface area (TPSA) is 62.1 Å². The van der Waals surface area contributed by atoms with Crippen LogP contribution >= 0.6 is 11.8 Å². The Bertz CT molecular complexity index is 291. The van der Waals surface area contributed by atoms with Gasteiger partial charge in [-0.3, -0.25) is 0 Å². The molecule has 0 fully saturated rings. The van der Waals surface area contributed by atoms with Crippen molar-refractivity contribution in [2.45, 2.75) is 37.8 Å². The number of ether oxygens (including phenoxy) is 2. The van der Waals surface area contributed by atoms with Gasteiger partial charge in [0.1, 0.15) is 0 Å². The van der Waals surface area contributed by atoms with E-state index in [1.807, 2.05) is 0 Å². The van der Waals surface area contributed by atoms with E-state index in [0.29, 0.717) is 6.54 Å². The van der Waals surface area contributed by atoms with Gasteiger partial charge < -0.3 is 9.47 Å². The summed E-state index contributed by atoms with van der Waals surface area (Å²) in [5.74, 6) is 1.03. The number of nitrogens with zero attached hydrogens (tertiary/aromatic N) is 4. The number of hydrogen-bond acceptors (Lipinski definition) is 6. The van der Waals surface area contributed by atoms with Crippen molar-refractivity contribution < 1.29 is 9.47 Å². The fourth-order valence-electron chi connectivity index (χ4n) is 1.11. The van der Waals surface area contributed by atoms with Gasteiger partial charge in [0, 0.05) is 20.0 Å². The van der Waals surface area contributed by atoms with E-state index in [2.05, 4.69) is 22.4 Å². The zero-order valence-corrected chi connectivity index (χ0v) is 10.7. The summed E-state index contributed by atoms with van der Waals surface area (Å²) in [7, 11) is 3.20. The molecule has 1 rings (SSSR count). The summed E-state index contributed by atoms with van der Waals surface area (Å²) in [6.07, 6.45) is 2.03. The Morgan fingerprint density at radius 2 is 2.12 bits per heavy atom. The molecule has 0 N–H and O–H groups in total. The van der Waals surface area contributed by atoms with Crippen LogP contribution in [0.5, 0.6) is 0 Å². The van der Waals surface area contributed by atoms with E-state index in [9.17, 15) is 0 Å². The van der Waals surface area contributed by atoms with Gasteiger partial charge in [-0.2, -0.15) is 0 Å². The van der Waals surface area contributed by atoms with E-state index in [-0.39, 0.29) is 6.29 Å². The van der Waals surface area contributed by atoms with Crippen molar-refractivity contribution in [1.29, 1.82) is 0 Å². The molecule has 6 nitrogen and oxygen atoms in total. The fraction of sp³-hybridized carbons (Fsp3) is 0.889. The number of unbranched alkanes of at least 4 members (excludes halogenated alkanes) is 1. The second-order valence-electron chi connectivity index (χ2n) is 3.25.